The molecule has 1 heterocycles. The fourth-order valence-corrected chi connectivity index (χ4v) is 1.53. The molecule has 0 spiro atoms. The summed E-state index contributed by atoms with van der Waals surface area (Å²) in [5.41, 5.74) is -0.441. The first-order valence-corrected chi connectivity index (χ1v) is 5.67. The Morgan fingerprint density at radius 3 is 2.71 bits per heavy atom. The summed E-state index contributed by atoms with van der Waals surface area (Å²) in [5.74, 6) is -1.54. The smallest absolute Gasteiger partial charge is 0.338 e. The second kappa shape index (κ2) is 5.95. The van der Waals surface area contributed by atoms with Gasteiger partial charge in [0, 0.05) is 24.4 Å². The van der Waals surface area contributed by atoms with Gasteiger partial charge in [-0.25, -0.2) is 9.78 Å². The van der Waals surface area contributed by atoms with Crippen LogP contribution in [0, 0.1) is 15.9 Å². The van der Waals surface area contributed by atoms with Crippen molar-refractivity contribution < 1.29 is 23.6 Å². The molecule has 0 bridgehead atoms. The molecule has 21 heavy (non-hydrogen) atoms. The molecular weight excluding hydrogens is 283 g/mol. The Labute approximate surface area is 118 Å². The highest BCUT2D eigenvalue weighted by atomic mass is 19.1. The molecule has 0 aliphatic rings. The fourth-order valence-electron chi connectivity index (χ4n) is 1.53. The van der Waals surface area contributed by atoms with Crippen LogP contribution in [0.4, 0.5) is 10.1 Å². The van der Waals surface area contributed by atoms with Crippen molar-refractivity contribution in [2.24, 2.45) is 0 Å². The van der Waals surface area contributed by atoms with Gasteiger partial charge >= 0.3 is 11.7 Å². The average Bonchev–Trinajstić information content (AvgIpc) is 2.46. The standard InChI is InChI=1S/C13H9FN2O5/c1-20-13(17)8-4-5-15-12(6-8)21-9-2-3-11(16(18)19)10(14)7-9/h2-7H,1H3. The highest BCUT2D eigenvalue weighted by Crippen LogP contribution is 2.26. The van der Waals surface area contributed by atoms with Crippen molar-refractivity contribution in [3.05, 3.63) is 58.0 Å². The number of nitro groups is 1. The number of hydrogen-bond donors (Lipinski definition) is 0. The Morgan fingerprint density at radius 1 is 1.33 bits per heavy atom. The van der Waals surface area contributed by atoms with Crippen LogP contribution in [-0.2, 0) is 4.74 Å². The number of benzene rings is 1. The van der Waals surface area contributed by atoms with E-state index in [1.54, 1.807) is 0 Å². The lowest BCUT2D eigenvalue weighted by molar-refractivity contribution is -0.387. The van der Waals surface area contributed by atoms with E-state index in [-0.39, 0.29) is 17.2 Å². The number of ether oxygens (including phenoxy) is 2. The van der Waals surface area contributed by atoms with Crippen molar-refractivity contribution in [2.75, 3.05) is 7.11 Å². The number of hydrogen-bond acceptors (Lipinski definition) is 6. The van der Waals surface area contributed by atoms with Gasteiger partial charge in [-0.15, -0.1) is 0 Å². The van der Waals surface area contributed by atoms with Crippen LogP contribution in [0.25, 0.3) is 0 Å². The number of esters is 1. The van der Waals surface area contributed by atoms with E-state index < -0.39 is 22.4 Å². The summed E-state index contributed by atoms with van der Waals surface area (Å²) in [7, 11) is 1.23. The van der Waals surface area contributed by atoms with Gasteiger partial charge in [0.05, 0.1) is 17.6 Å². The van der Waals surface area contributed by atoms with E-state index >= 15 is 0 Å². The molecule has 0 amide bonds. The molecule has 2 rings (SSSR count). The van der Waals surface area contributed by atoms with Crippen molar-refractivity contribution >= 4 is 11.7 Å². The molecule has 0 aliphatic carbocycles. The molecule has 7 nitrogen and oxygen atoms in total. The molecule has 0 N–H and O–H groups in total. The topological polar surface area (TPSA) is 91.6 Å². The lowest BCUT2D eigenvalue weighted by Gasteiger charge is -2.06. The molecule has 8 heteroatoms. The van der Waals surface area contributed by atoms with E-state index in [0.717, 1.165) is 12.1 Å². The van der Waals surface area contributed by atoms with Crippen LogP contribution < -0.4 is 4.74 Å². The molecule has 108 valence electrons. The van der Waals surface area contributed by atoms with E-state index in [0.29, 0.717) is 0 Å². The first kappa shape index (κ1) is 14.4. The number of nitro benzene ring substituents is 1. The van der Waals surface area contributed by atoms with Gasteiger partial charge in [0.1, 0.15) is 5.75 Å². The summed E-state index contributed by atoms with van der Waals surface area (Å²) in [5, 5.41) is 10.5. The monoisotopic (exact) mass is 292 g/mol. The Bertz CT molecular complexity index is 705. The van der Waals surface area contributed by atoms with Gasteiger partial charge < -0.3 is 9.47 Å². The summed E-state index contributed by atoms with van der Waals surface area (Å²) in [6.07, 6.45) is 1.32. The number of carbonyl (C=O) groups is 1. The van der Waals surface area contributed by atoms with Crippen molar-refractivity contribution in [2.45, 2.75) is 0 Å². The van der Waals surface area contributed by atoms with Crippen molar-refractivity contribution in [3.63, 3.8) is 0 Å². The highest BCUT2D eigenvalue weighted by molar-refractivity contribution is 5.89. The van der Waals surface area contributed by atoms with Gasteiger partial charge in [-0.2, -0.15) is 4.39 Å². The molecule has 2 aromatic rings. The zero-order valence-corrected chi connectivity index (χ0v) is 10.8. The second-order valence-electron chi connectivity index (χ2n) is 3.85. The molecule has 0 saturated heterocycles. The molecule has 1 aromatic carbocycles. The van der Waals surface area contributed by atoms with Crippen LogP contribution in [0.2, 0.25) is 0 Å². The van der Waals surface area contributed by atoms with Crippen molar-refractivity contribution in [1.29, 1.82) is 0 Å². The number of halogens is 1. The molecule has 0 fully saturated rings. The van der Waals surface area contributed by atoms with E-state index in [9.17, 15) is 19.3 Å². The van der Waals surface area contributed by atoms with E-state index in [4.69, 9.17) is 4.74 Å². The average molecular weight is 292 g/mol. The van der Waals surface area contributed by atoms with Gasteiger partial charge in [0.25, 0.3) is 0 Å². The Balaban J connectivity index is 2.24. The third-order valence-corrected chi connectivity index (χ3v) is 2.49. The third-order valence-electron chi connectivity index (χ3n) is 2.49. The van der Waals surface area contributed by atoms with Gasteiger partial charge in [-0.05, 0) is 12.1 Å². The summed E-state index contributed by atoms with van der Waals surface area (Å²) in [6, 6.07) is 5.81. The minimum Gasteiger partial charge on any atom is -0.465 e. The summed E-state index contributed by atoms with van der Waals surface area (Å²) in [4.78, 5) is 24.9. The maximum absolute atomic E-state index is 13.4. The van der Waals surface area contributed by atoms with Crippen molar-refractivity contribution in [1.82, 2.24) is 4.98 Å². The fraction of sp³-hybridized carbons (Fsp3) is 0.0769. The number of carbonyl (C=O) groups excluding carboxylic acids is 1. The number of rotatable bonds is 4. The first-order valence-electron chi connectivity index (χ1n) is 5.67. The molecule has 0 atom stereocenters. The number of pyridine rings is 1. The van der Waals surface area contributed by atoms with Crippen LogP contribution in [0.1, 0.15) is 10.4 Å². The Hall–Kier alpha value is -3.03. The largest absolute Gasteiger partial charge is 0.465 e. The van der Waals surface area contributed by atoms with Crippen LogP contribution in [-0.4, -0.2) is 23.0 Å². The highest BCUT2D eigenvalue weighted by Gasteiger charge is 2.15. The lowest BCUT2D eigenvalue weighted by atomic mass is 10.2. The Kier molecular flexibility index (Phi) is 4.07. The summed E-state index contributed by atoms with van der Waals surface area (Å²) >= 11 is 0. The van der Waals surface area contributed by atoms with E-state index in [1.807, 2.05) is 0 Å². The quantitative estimate of drug-likeness (QED) is 0.488. The SMILES string of the molecule is COC(=O)c1ccnc(Oc2ccc([N+](=O)[O-])c(F)c2)c1. The number of methoxy groups -OCH3 is 1. The maximum Gasteiger partial charge on any atom is 0.338 e. The normalized spacial score (nSPS) is 10.0. The van der Waals surface area contributed by atoms with Crippen LogP contribution >= 0.6 is 0 Å². The predicted molar refractivity (Wildman–Crippen MR) is 68.7 cm³/mol. The van der Waals surface area contributed by atoms with Gasteiger partial charge in [-0.1, -0.05) is 0 Å². The first-order chi connectivity index (χ1) is 10.0. The van der Waals surface area contributed by atoms with Crippen LogP contribution in [0.15, 0.2) is 36.5 Å². The maximum atomic E-state index is 13.4. The number of aromatic nitrogens is 1. The van der Waals surface area contributed by atoms with Crippen LogP contribution in [0.5, 0.6) is 11.6 Å². The zero-order valence-electron chi connectivity index (χ0n) is 10.8. The minimum atomic E-state index is -1.03. The molecular formula is C13H9FN2O5. The van der Waals surface area contributed by atoms with Gasteiger partial charge in [0.2, 0.25) is 11.7 Å². The summed E-state index contributed by atoms with van der Waals surface area (Å²) in [6.45, 7) is 0. The van der Waals surface area contributed by atoms with Gasteiger partial charge in [-0.3, -0.25) is 10.1 Å². The molecule has 0 aliphatic heterocycles. The molecule has 0 unspecified atom stereocenters. The van der Waals surface area contributed by atoms with Crippen molar-refractivity contribution in [3.8, 4) is 11.6 Å². The van der Waals surface area contributed by atoms with E-state index in [1.165, 1.54) is 31.5 Å². The molecule has 1 aromatic heterocycles. The number of nitrogens with zero attached hydrogens (tertiary/aromatic N) is 2. The predicted octanol–water partition coefficient (Wildman–Crippen LogP) is 2.71. The molecule has 0 radical (unpaired) electrons. The summed E-state index contributed by atoms with van der Waals surface area (Å²) < 4.78 is 23.2. The van der Waals surface area contributed by atoms with E-state index in [2.05, 4.69) is 9.72 Å². The lowest BCUT2D eigenvalue weighted by Crippen LogP contribution is -2.02. The zero-order chi connectivity index (χ0) is 15.4. The second-order valence-corrected chi connectivity index (χ2v) is 3.85. The minimum absolute atomic E-state index is 0.0209. The Morgan fingerprint density at radius 2 is 2.10 bits per heavy atom. The third kappa shape index (κ3) is 3.30. The van der Waals surface area contributed by atoms with Crippen LogP contribution in [0.3, 0.4) is 0 Å². The van der Waals surface area contributed by atoms with Gasteiger partial charge in [0.15, 0.2) is 0 Å². The molecule has 0 saturated carbocycles.